The van der Waals surface area contributed by atoms with Gasteiger partial charge in [0.15, 0.2) is 0 Å². The van der Waals surface area contributed by atoms with Crippen molar-refractivity contribution in [2.75, 3.05) is 0 Å². The molecule has 1 unspecified atom stereocenters. The molecule has 1 N–H and O–H groups in total. The third kappa shape index (κ3) is 1.86. The summed E-state index contributed by atoms with van der Waals surface area (Å²) in [5, 5.41) is 3.73. The van der Waals surface area contributed by atoms with Gasteiger partial charge in [0.2, 0.25) is 0 Å². The molecular formula is C12H14ClNS. The van der Waals surface area contributed by atoms with E-state index in [0.717, 1.165) is 4.34 Å². The maximum Gasteiger partial charge on any atom is 0.0934 e. The van der Waals surface area contributed by atoms with Gasteiger partial charge in [-0.25, -0.2) is 0 Å². The van der Waals surface area contributed by atoms with Crippen LogP contribution in [0, 0.1) is 0 Å². The zero-order valence-corrected chi connectivity index (χ0v) is 10.1. The van der Waals surface area contributed by atoms with Crippen molar-refractivity contribution in [2.24, 2.45) is 0 Å². The number of fused-ring (bicyclic) bond motifs is 1. The molecule has 0 aromatic carbocycles. The Hall–Kier alpha value is -0.310. The lowest BCUT2D eigenvalue weighted by atomic mass is 10.1. The first-order valence-corrected chi connectivity index (χ1v) is 6.71. The molecule has 1 aromatic rings. The summed E-state index contributed by atoms with van der Waals surface area (Å²) in [5.41, 5.74) is 1.46. The van der Waals surface area contributed by atoms with Gasteiger partial charge in [-0.05, 0) is 37.3 Å². The molecular weight excluding hydrogens is 226 g/mol. The van der Waals surface area contributed by atoms with E-state index in [-0.39, 0.29) is 0 Å². The molecule has 0 radical (unpaired) electrons. The number of hydrogen-bond acceptors (Lipinski definition) is 2. The first-order valence-electron chi connectivity index (χ1n) is 5.52. The van der Waals surface area contributed by atoms with E-state index >= 15 is 0 Å². The lowest BCUT2D eigenvalue weighted by Crippen LogP contribution is -2.29. The van der Waals surface area contributed by atoms with Gasteiger partial charge in [0.05, 0.1) is 4.34 Å². The van der Waals surface area contributed by atoms with Crippen LogP contribution >= 0.6 is 22.9 Å². The predicted molar refractivity (Wildman–Crippen MR) is 65.7 cm³/mol. The summed E-state index contributed by atoms with van der Waals surface area (Å²) < 4.78 is 0.941. The van der Waals surface area contributed by atoms with E-state index in [4.69, 9.17) is 11.6 Å². The Balaban J connectivity index is 1.72. The van der Waals surface area contributed by atoms with Crippen molar-refractivity contribution in [1.29, 1.82) is 0 Å². The lowest BCUT2D eigenvalue weighted by molar-refractivity contribution is 0.446. The number of aryl methyl sites for hydroxylation is 1. The van der Waals surface area contributed by atoms with E-state index in [1.54, 1.807) is 11.3 Å². The molecule has 3 rings (SSSR count). The van der Waals surface area contributed by atoms with Crippen LogP contribution in [0.1, 0.15) is 35.7 Å². The molecule has 80 valence electrons. The van der Waals surface area contributed by atoms with E-state index in [0.29, 0.717) is 12.1 Å². The fraction of sp³-hybridized carbons (Fsp3) is 0.500. The van der Waals surface area contributed by atoms with Gasteiger partial charge in [0.1, 0.15) is 0 Å². The van der Waals surface area contributed by atoms with Crippen molar-refractivity contribution in [3.8, 4) is 0 Å². The smallest absolute Gasteiger partial charge is 0.0934 e. The minimum absolute atomic E-state index is 0.550. The van der Waals surface area contributed by atoms with Crippen LogP contribution in [0.5, 0.6) is 0 Å². The molecule has 15 heavy (non-hydrogen) atoms. The lowest BCUT2D eigenvalue weighted by Gasteiger charge is -2.18. The fourth-order valence-corrected chi connectivity index (χ4v) is 3.90. The molecule has 0 aliphatic heterocycles. The molecule has 1 aromatic heterocycles. The summed E-state index contributed by atoms with van der Waals surface area (Å²) in [6.07, 6.45) is 9.36. The molecule has 0 amide bonds. The number of nitrogens with one attached hydrogen (secondary N) is 1. The Morgan fingerprint density at radius 3 is 2.93 bits per heavy atom. The van der Waals surface area contributed by atoms with Crippen molar-refractivity contribution in [3.05, 3.63) is 33.0 Å². The van der Waals surface area contributed by atoms with E-state index < -0.39 is 0 Å². The second-order valence-electron chi connectivity index (χ2n) is 4.33. The zero-order chi connectivity index (χ0) is 10.3. The second-order valence-corrected chi connectivity index (χ2v) is 6.09. The molecule has 0 saturated carbocycles. The quantitative estimate of drug-likeness (QED) is 0.777. The van der Waals surface area contributed by atoms with E-state index in [2.05, 4.69) is 23.5 Å². The maximum atomic E-state index is 6.04. The number of halogens is 1. The zero-order valence-electron chi connectivity index (χ0n) is 8.50. The molecule has 2 aliphatic rings. The van der Waals surface area contributed by atoms with Gasteiger partial charge in [-0.1, -0.05) is 23.8 Å². The monoisotopic (exact) mass is 239 g/mol. The van der Waals surface area contributed by atoms with Gasteiger partial charge in [-0.3, -0.25) is 0 Å². The average Bonchev–Trinajstić information content (AvgIpc) is 2.85. The highest BCUT2D eigenvalue weighted by Crippen LogP contribution is 2.39. The van der Waals surface area contributed by atoms with Crippen LogP contribution in [0.2, 0.25) is 4.34 Å². The van der Waals surface area contributed by atoms with Gasteiger partial charge in [-0.2, -0.15) is 0 Å². The second kappa shape index (κ2) is 3.93. The summed E-state index contributed by atoms with van der Waals surface area (Å²) in [7, 11) is 0. The van der Waals surface area contributed by atoms with Gasteiger partial charge >= 0.3 is 0 Å². The summed E-state index contributed by atoms with van der Waals surface area (Å²) in [5.74, 6) is 0. The molecule has 3 heteroatoms. The Labute approximate surface area is 99.1 Å². The van der Waals surface area contributed by atoms with Crippen LogP contribution in [0.4, 0.5) is 0 Å². The van der Waals surface area contributed by atoms with Crippen molar-refractivity contribution < 1.29 is 0 Å². The van der Waals surface area contributed by atoms with Crippen LogP contribution in [-0.2, 0) is 6.42 Å². The Morgan fingerprint density at radius 1 is 1.33 bits per heavy atom. The minimum atomic E-state index is 0.550. The van der Waals surface area contributed by atoms with Crippen LogP contribution in [0.3, 0.4) is 0 Å². The Kier molecular flexibility index (Phi) is 2.59. The SMILES string of the molecule is Clc1cc2c(s1)CCC2NC1CC=CC1. The summed E-state index contributed by atoms with van der Waals surface area (Å²) in [6.45, 7) is 0. The van der Waals surface area contributed by atoms with Crippen molar-refractivity contribution in [2.45, 2.75) is 37.8 Å². The van der Waals surface area contributed by atoms with E-state index in [9.17, 15) is 0 Å². The van der Waals surface area contributed by atoms with Gasteiger partial charge in [0.25, 0.3) is 0 Å². The summed E-state index contributed by atoms with van der Waals surface area (Å²) in [6, 6.07) is 3.35. The topological polar surface area (TPSA) is 12.0 Å². The van der Waals surface area contributed by atoms with Crippen LogP contribution in [0.25, 0.3) is 0 Å². The Morgan fingerprint density at radius 2 is 2.13 bits per heavy atom. The Bertz CT molecular complexity index is 388. The first-order chi connectivity index (χ1) is 7.33. The average molecular weight is 240 g/mol. The van der Waals surface area contributed by atoms with Crippen LogP contribution in [0.15, 0.2) is 18.2 Å². The third-order valence-corrected chi connectivity index (χ3v) is 4.63. The highest BCUT2D eigenvalue weighted by atomic mass is 35.5. The van der Waals surface area contributed by atoms with Gasteiger partial charge in [0, 0.05) is 17.0 Å². The highest BCUT2D eigenvalue weighted by molar-refractivity contribution is 7.16. The fourth-order valence-electron chi connectivity index (χ4n) is 2.54. The maximum absolute atomic E-state index is 6.04. The largest absolute Gasteiger partial charge is 0.307 e. The number of thiophene rings is 1. The third-order valence-electron chi connectivity index (χ3n) is 3.29. The molecule has 0 spiro atoms. The van der Waals surface area contributed by atoms with Crippen LogP contribution < -0.4 is 5.32 Å². The molecule has 0 fully saturated rings. The predicted octanol–water partition coefficient (Wildman–Crippen LogP) is 3.70. The molecule has 2 aliphatic carbocycles. The number of rotatable bonds is 2. The molecule has 1 atom stereocenters. The molecule has 0 saturated heterocycles. The van der Waals surface area contributed by atoms with Gasteiger partial charge in [-0.15, -0.1) is 11.3 Å². The molecule has 1 heterocycles. The number of hydrogen-bond donors (Lipinski definition) is 1. The molecule has 0 bridgehead atoms. The molecule has 1 nitrogen and oxygen atoms in total. The first kappa shape index (κ1) is 9.88. The van der Waals surface area contributed by atoms with Crippen molar-refractivity contribution in [3.63, 3.8) is 0 Å². The summed E-state index contributed by atoms with van der Waals surface area (Å²) >= 11 is 7.79. The minimum Gasteiger partial charge on any atom is -0.307 e. The van der Waals surface area contributed by atoms with Crippen molar-refractivity contribution >= 4 is 22.9 Å². The normalized spacial score (nSPS) is 25.0. The van der Waals surface area contributed by atoms with Crippen LogP contribution in [-0.4, -0.2) is 6.04 Å². The van der Waals surface area contributed by atoms with Gasteiger partial charge < -0.3 is 5.32 Å². The standard InChI is InChI=1S/C12H14ClNS/c13-12-7-9-10(5-6-11(9)15-12)14-8-3-1-2-4-8/h1-2,7-8,10,14H,3-6H2. The van der Waals surface area contributed by atoms with E-state index in [1.807, 2.05) is 0 Å². The highest BCUT2D eigenvalue weighted by Gasteiger charge is 2.26. The summed E-state index contributed by atoms with van der Waals surface area (Å²) in [4.78, 5) is 1.49. The van der Waals surface area contributed by atoms with Crippen molar-refractivity contribution in [1.82, 2.24) is 5.32 Å². The van der Waals surface area contributed by atoms with E-state index in [1.165, 1.54) is 36.1 Å².